The lowest BCUT2D eigenvalue weighted by atomic mass is 10.1. The van der Waals surface area contributed by atoms with Gasteiger partial charge in [0, 0.05) is 6.61 Å². The minimum atomic E-state index is -0.282. The van der Waals surface area contributed by atoms with Gasteiger partial charge in [0.2, 0.25) is 0 Å². The third kappa shape index (κ3) is 10.0. The minimum Gasteiger partial charge on any atom is -0.396 e. The molecule has 0 spiro atoms. The van der Waals surface area contributed by atoms with Crippen LogP contribution in [0.2, 0.25) is 0 Å². The van der Waals surface area contributed by atoms with E-state index in [1.807, 2.05) is 0 Å². The van der Waals surface area contributed by atoms with Gasteiger partial charge < -0.3 is 10.2 Å². The van der Waals surface area contributed by atoms with Crippen molar-refractivity contribution in [1.29, 1.82) is 0 Å². The number of hydrogen-bond acceptors (Lipinski definition) is 2. The summed E-state index contributed by atoms with van der Waals surface area (Å²) in [5.74, 6) is 0. The monoisotopic (exact) mass is 202 g/mol. The van der Waals surface area contributed by atoms with Crippen molar-refractivity contribution < 1.29 is 10.2 Å². The molecule has 2 N–H and O–H groups in total. The Morgan fingerprint density at radius 1 is 0.857 bits per heavy atom. The predicted molar refractivity (Wildman–Crippen MR) is 60.3 cm³/mol. The first kappa shape index (κ1) is 13.9. The van der Waals surface area contributed by atoms with Crippen LogP contribution in [-0.2, 0) is 0 Å². The summed E-state index contributed by atoms with van der Waals surface area (Å²) < 4.78 is 0. The number of aliphatic hydroxyl groups excluding tert-OH is 2. The van der Waals surface area contributed by atoms with Crippen molar-refractivity contribution in [2.45, 2.75) is 70.8 Å². The first-order valence-corrected chi connectivity index (χ1v) is 6.10. The lowest BCUT2D eigenvalue weighted by molar-refractivity contribution is 0.122. The van der Waals surface area contributed by atoms with Gasteiger partial charge in [0.15, 0.2) is 0 Å². The molecule has 2 nitrogen and oxygen atoms in total. The molecule has 0 bridgehead atoms. The lowest BCUT2D eigenvalue weighted by Crippen LogP contribution is -2.08. The summed E-state index contributed by atoms with van der Waals surface area (Å²) in [4.78, 5) is 0. The normalized spacial score (nSPS) is 13.1. The Kier molecular flexibility index (Phi) is 10.9. The fourth-order valence-corrected chi connectivity index (χ4v) is 1.63. The highest BCUT2D eigenvalue weighted by Gasteiger charge is 2.01. The van der Waals surface area contributed by atoms with Crippen molar-refractivity contribution in [2.75, 3.05) is 6.61 Å². The number of unbranched alkanes of at least 4 members (excludes halogenated alkanes) is 6. The van der Waals surface area contributed by atoms with Gasteiger partial charge in [-0.2, -0.15) is 0 Å². The van der Waals surface area contributed by atoms with Crippen LogP contribution in [-0.4, -0.2) is 22.9 Å². The molecule has 0 saturated heterocycles. The van der Waals surface area contributed by atoms with Gasteiger partial charge in [0.25, 0.3) is 0 Å². The average Bonchev–Trinajstić information content (AvgIpc) is 2.17. The minimum absolute atomic E-state index is 0.109. The van der Waals surface area contributed by atoms with Gasteiger partial charge in [-0.15, -0.1) is 0 Å². The third-order valence-corrected chi connectivity index (χ3v) is 2.60. The highest BCUT2D eigenvalue weighted by molar-refractivity contribution is 4.55. The quantitative estimate of drug-likeness (QED) is 0.535. The summed E-state index contributed by atoms with van der Waals surface area (Å²) in [5.41, 5.74) is 0. The zero-order valence-electron chi connectivity index (χ0n) is 9.54. The van der Waals surface area contributed by atoms with Crippen LogP contribution in [0, 0.1) is 0 Å². The Morgan fingerprint density at radius 2 is 1.43 bits per heavy atom. The van der Waals surface area contributed by atoms with Crippen LogP contribution in [0.4, 0.5) is 0 Å². The van der Waals surface area contributed by atoms with Crippen LogP contribution in [0.5, 0.6) is 0 Å². The maximum Gasteiger partial charge on any atom is 0.0562 e. The fraction of sp³-hybridized carbons (Fsp3) is 1.00. The molecule has 14 heavy (non-hydrogen) atoms. The van der Waals surface area contributed by atoms with E-state index in [1.54, 1.807) is 0 Å². The summed E-state index contributed by atoms with van der Waals surface area (Å²) in [7, 11) is 0. The zero-order chi connectivity index (χ0) is 10.6. The molecule has 86 valence electrons. The van der Waals surface area contributed by atoms with Gasteiger partial charge in [-0.05, 0) is 12.8 Å². The molecule has 0 aromatic carbocycles. The molecular weight excluding hydrogens is 176 g/mol. The van der Waals surface area contributed by atoms with E-state index in [4.69, 9.17) is 5.11 Å². The van der Waals surface area contributed by atoms with E-state index in [0.717, 1.165) is 12.8 Å². The van der Waals surface area contributed by atoms with E-state index in [2.05, 4.69) is 6.92 Å². The standard InChI is InChI=1S/C12H26O2/c1-2-3-4-5-6-7-8-9-12(14)10-11-13/h12-14H,2-11H2,1H3/t12-/m0/s1. The molecule has 0 aliphatic rings. The molecule has 0 radical (unpaired) electrons. The topological polar surface area (TPSA) is 40.5 Å². The van der Waals surface area contributed by atoms with Gasteiger partial charge in [0.1, 0.15) is 0 Å². The van der Waals surface area contributed by atoms with E-state index in [1.165, 1.54) is 38.5 Å². The highest BCUT2D eigenvalue weighted by Crippen LogP contribution is 2.10. The summed E-state index contributed by atoms with van der Waals surface area (Å²) in [5, 5.41) is 17.9. The van der Waals surface area contributed by atoms with Crippen molar-refractivity contribution in [2.24, 2.45) is 0 Å². The van der Waals surface area contributed by atoms with Crippen LogP contribution in [0.3, 0.4) is 0 Å². The molecule has 0 fully saturated rings. The second-order valence-corrected chi connectivity index (χ2v) is 4.08. The van der Waals surface area contributed by atoms with Crippen LogP contribution in [0.1, 0.15) is 64.7 Å². The second kappa shape index (κ2) is 11.0. The first-order valence-electron chi connectivity index (χ1n) is 6.10. The Hall–Kier alpha value is -0.0800. The summed E-state index contributed by atoms with van der Waals surface area (Å²) in [6.45, 7) is 2.34. The van der Waals surface area contributed by atoms with Gasteiger partial charge in [0.05, 0.1) is 6.10 Å². The molecule has 0 aliphatic heterocycles. The van der Waals surface area contributed by atoms with Gasteiger partial charge in [-0.25, -0.2) is 0 Å². The first-order chi connectivity index (χ1) is 6.81. The summed E-state index contributed by atoms with van der Waals surface area (Å²) >= 11 is 0. The van der Waals surface area contributed by atoms with Crippen LogP contribution >= 0.6 is 0 Å². The third-order valence-electron chi connectivity index (χ3n) is 2.60. The predicted octanol–water partition coefficient (Wildman–Crippen LogP) is 2.87. The molecule has 0 rings (SSSR count). The van der Waals surface area contributed by atoms with E-state index in [0.29, 0.717) is 6.42 Å². The maximum atomic E-state index is 9.33. The average molecular weight is 202 g/mol. The van der Waals surface area contributed by atoms with Gasteiger partial charge in [-0.3, -0.25) is 0 Å². The molecule has 0 aromatic heterocycles. The van der Waals surface area contributed by atoms with Crippen molar-refractivity contribution in [3.63, 3.8) is 0 Å². The van der Waals surface area contributed by atoms with Gasteiger partial charge in [-0.1, -0.05) is 51.9 Å². The molecule has 0 heterocycles. The van der Waals surface area contributed by atoms with Crippen LogP contribution < -0.4 is 0 Å². The molecule has 0 unspecified atom stereocenters. The lowest BCUT2D eigenvalue weighted by Gasteiger charge is -2.07. The maximum absolute atomic E-state index is 9.33. The van der Waals surface area contributed by atoms with E-state index >= 15 is 0 Å². The molecule has 0 saturated carbocycles. The largest absolute Gasteiger partial charge is 0.396 e. The second-order valence-electron chi connectivity index (χ2n) is 4.08. The zero-order valence-corrected chi connectivity index (χ0v) is 9.54. The smallest absolute Gasteiger partial charge is 0.0562 e. The van der Waals surface area contributed by atoms with Crippen molar-refractivity contribution in [3.8, 4) is 0 Å². The van der Waals surface area contributed by atoms with Crippen molar-refractivity contribution in [1.82, 2.24) is 0 Å². The Balaban J connectivity index is 2.98. The Morgan fingerprint density at radius 3 is 2.00 bits per heavy atom. The highest BCUT2D eigenvalue weighted by atomic mass is 16.3. The van der Waals surface area contributed by atoms with E-state index < -0.39 is 0 Å². The molecule has 0 aromatic rings. The fourth-order valence-electron chi connectivity index (χ4n) is 1.63. The molecule has 0 aliphatic carbocycles. The molecular formula is C12H26O2. The number of hydrogen-bond donors (Lipinski definition) is 2. The number of rotatable bonds is 10. The van der Waals surface area contributed by atoms with Gasteiger partial charge >= 0.3 is 0 Å². The SMILES string of the molecule is CCCCCCCCC[C@H](O)CCO. The molecule has 0 amide bonds. The van der Waals surface area contributed by atoms with E-state index in [9.17, 15) is 5.11 Å². The van der Waals surface area contributed by atoms with Crippen LogP contribution in [0.25, 0.3) is 0 Å². The van der Waals surface area contributed by atoms with Crippen molar-refractivity contribution in [3.05, 3.63) is 0 Å². The Labute approximate surface area is 88.3 Å². The van der Waals surface area contributed by atoms with Crippen molar-refractivity contribution >= 4 is 0 Å². The Bertz CT molecular complexity index is 104. The summed E-state index contributed by atoms with van der Waals surface area (Å²) in [6, 6.07) is 0. The van der Waals surface area contributed by atoms with E-state index in [-0.39, 0.29) is 12.7 Å². The number of aliphatic hydroxyl groups is 2. The molecule has 2 heteroatoms. The summed E-state index contributed by atoms with van der Waals surface area (Å²) in [6.07, 6.45) is 10.1. The molecule has 1 atom stereocenters. The van der Waals surface area contributed by atoms with Crippen LogP contribution in [0.15, 0.2) is 0 Å².